The molecule has 0 spiro atoms. The summed E-state index contributed by atoms with van der Waals surface area (Å²) in [6.45, 7) is 4.92. The van der Waals surface area contributed by atoms with Gasteiger partial charge in [0.15, 0.2) is 0 Å². The molecular formula is C10H14O. The Bertz CT molecular complexity index is 201. The fraction of sp³-hybridized carbons (Fsp3) is 0.600. The van der Waals surface area contributed by atoms with Gasteiger partial charge in [0.2, 0.25) is 0 Å². The molecule has 1 unspecified atom stereocenters. The molecule has 1 fully saturated rings. The van der Waals surface area contributed by atoms with Crippen LogP contribution in [0.4, 0.5) is 0 Å². The first-order chi connectivity index (χ1) is 5.34. The highest BCUT2D eigenvalue weighted by Crippen LogP contribution is 2.19. The first kappa shape index (κ1) is 8.36. The fourth-order valence-electron chi connectivity index (χ4n) is 0.939. The van der Waals surface area contributed by atoms with E-state index in [0.29, 0.717) is 6.10 Å². The molecule has 1 aliphatic rings. The zero-order valence-electron chi connectivity index (χ0n) is 7.18. The lowest BCUT2D eigenvalue weighted by Crippen LogP contribution is -1.85. The molecule has 1 heteroatoms. The first-order valence-electron chi connectivity index (χ1n) is 4.02. The Morgan fingerprint density at radius 1 is 1.73 bits per heavy atom. The Hall–Kier alpha value is -0.740. The zero-order valence-corrected chi connectivity index (χ0v) is 7.18. The third-order valence-electron chi connectivity index (χ3n) is 1.75. The third-order valence-corrected chi connectivity index (χ3v) is 1.75. The second-order valence-electron chi connectivity index (χ2n) is 2.74. The van der Waals surface area contributed by atoms with Crippen molar-refractivity contribution in [1.29, 1.82) is 0 Å². The van der Waals surface area contributed by atoms with E-state index in [1.165, 1.54) is 5.57 Å². The second kappa shape index (κ2) is 4.20. The molecule has 1 nitrogen and oxygen atoms in total. The van der Waals surface area contributed by atoms with Gasteiger partial charge in [-0.05, 0) is 25.8 Å². The third kappa shape index (κ3) is 3.25. The lowest BCUT2D eigenvalue weighted by molar-refractivity contribution is 0.431. The summed E-state index contributed by atoms with van der Waals surface area (Å²) in [6.07, 6.45) is 4.69. The number of epoxide rings is 1. The predicted octanol–water partition coefficient (Wildman–Crippen LogP) is 2.13. The molecular weight excluding hydrogens is 136 g/mol. The van der Waals surface area contributed by atoms with Crippen LogP contribution in [0, 0.1) is 11.8 Å². The molecule has 1 rings (SSSR count). The standard InChI is InChI=1S/C10H14O/c1-3-4-5-6-7-9(2)10-8-11-10/h7,10H,5-6,8H2,1-2H3/b9-7+. The second-order valence-corrected chi connectivity index (χ2v) is 2.74. The fourth-order valence-corrected chi connectivity index (χ4v) is 0.939. The van der Waals surface area contributed by atoms with Gasteiger partial charge < -0.3 is 4.74 Å². The Labute approximate surface area is 68.4 Å². The summed E-state index contributed by atoms with van der Waals surface area (Å²) < 4.78 is 5.12. The Morgan fingerprint density at radius 2 is 2.45 bits per heavy atom. The van der Waals surface area contributed by atoms with Crippen LogP contribution in [0.25, 0.3) is 0 Å². The van der Waals surface area contributed by atoms with Gasteiger partial charge >= 0.3 is 0 Å². The van der Waals surface area contributed by atoms with Crippen LogP contribution in [0.5, 0.6) is 0 Å². The molecule has 0 radical (unpaired) electrons. The zero-order chi connectivity index (χ0) is 8.10. The molecule has 1 atom stereocenters. The lowest BCUT2D eigenvalue weighted by atomic mass is 10.2. The van der Waals surface area contributed by atoms with Crippen LogP contribution in [0.1, 0.15) is 26.7 Å². The van der Waals surface area contributed by atoms with Gasteiger partial charge in [-0.25, -0.2) is 0 Å². The minimum absolute atomic E-state index is 0.435. The molecule has 1 heterocycles. The highest BCUT2D eigenvalue weighted by Gasteiger charge is 2.23. The molecule has 0 aliphatic carbocycles. The number of unbranched alkanes of at least 4 members (excludes halogenated alkanes) is 1. The Balaban J connectivity index is 2.15. The van der Waals surface area contributed by atoms with Gasteiger partial charge in [0.1, 0.15) is 6.10 Å². The van der Waals surface area contributed by atoms with Gasteiger partial charge in [0.05, 0.1) is 6.61 Å². The van der Waals surface area contributed by atoms with Crippen molar-refractivity contribution in [2.24, 2.45) is 0 Å². The highest BCUT2D eigenvalue weighted by molar-refractivity contribution is 5.11. The molecule has 60 valence electrons. The number of ether oxygens (including phenoxy) is 1. The average molecular weight is 150 g/mol. The number of hydrogen-bond donors (Lipinski definition) is 0. The van der Waals surface area contributed by atoms with E-state index < -0.39 is 0 Å². The van der Waals surface area contributed by atoms with E-state index in [2.05, 4.69) is 24.8 Å². The maximum atomic E-state index is 5.12. The minimum atomic E-state index is 0.435. The van der Waals surface area contributed by atoms with E-state index in [0.717, 1.165) is 19.4 Å². The van der Waals surface area contributed by atoms with Crippen LogP contribution in [0.2, 0.25) is 0 Å². The maximum absolute atomic E-state index is 5.12. The van der Waals surface area contributed by atoms with Crippen LogP contribution in [0.15, 0.2) is 11.6 Å². The quantitative estimate of drug-likeness (QED) is 0.260. The molecule has 0 N–H and O–H groups in total. The van der Waals surface area contributed by atoms with Crippen molar-refractivity contribution in [3.8, 4) is 11.8 Å². The van der Waals surface area contributed by atoms with E-state index in [4.69, 9.17) is 4.74 Å². The van der Waals surface area contributed by atoms with Crippen molar-refractivity contribution in [1.82, 2.24) is 0 Å². The average Bonchev–Trinajstić information content (AvgIpc) is 2.79. The molecule has 1 saturated heterocycles. The number of allylic oxidation sites excluding steroid dienone is 1. The number of hydrogen-bond acceptors (Lipinski definition) is 1. The van der Waals surface area contributed by atoms with Gasteiger partial charge in [-0.15, -0.1) is 11.8 Å². The van der Waals surface area contributed by atoms with E-state index >= 15 is 0 Å². The van der Waals surface area contributed by atoms with Gasteiger partial charge in [-0.2, -0.15) is 0 Å². The van der Waals surface area contributed by atoms with Gasteiger partial charge in [-0.1, -0.05) is 6.08 Å². The van der Waals surface area contributed by atoms with Crippen LogP contribution in [0.3, 0.4) is 0 Å². The van der Waals surface area contributed by atoms with E-state index in [-0.39, 0.29) is 0 Å². The largest absolute Gasteiger partial charge is 0.368 e. The summed E-state index contributed by atoms with van der Waals surface area (Å²) in [5.41, 5.74) is 1.36. The smallest absolute Gasteiger partial charge is 0.102 e. The topological polar surface area (TPSA) is 12.5 Å². The van der Waals surface area contributed by atoms with Crippen molar-refractivity contribution in [2.45, 2.75) is 32.8 Å². The summed E-state index contributed by atoms with van der Waals surface area (Å²) >= 11 is 0. The molecule has 11 heavy (non-hydrogen) atoms. The normalized spacial score (nSPS) is 22.4. The monoisotopic (exact) mass is 150 g/mol. The van der Waals surface area contributed by atoms with Crippen LogP contribution >= 0.6 is 0 Å². The van der Waals surface area contributed by atoms with Crippen LogP contribution in [-0.2, 0) is 4.74 Å². The summed E-state index contributed by atoms with van der Waals surface area (Å²) in [6, 6.07) is 0. The Morgan fingerprint density at radius 3 is 3.00 bits per heavy atom. The summed E-state index contributed by atoms with van der Waals surface area (Å²) in [5.74, 6) is 5.90. The van der Waals surface area contributed by atoms with E-state index in [9.17, 15) is 0 Å². The molecule has 0 aromatic carbocycles. The van der Waals surface area contributed by atoms with Gasteiger partial charge in [0, 0.05) is 6.42 Å². The van der Waals surface area contributed by atoms with Crippen molar-refractivity contribution in [3.05, 3.63) is 11.6 Å². The summed E-state index contributed by atoms with van der Waals surface area (Å²) in [4.78, 5) is 0. The van der Waals surface area contributed by atoms with Gasteiger partial charge in [-0.3, -0.25) is 0 Å². The van der Waals surface area contributed by atoms with Crippen molar-refractivity contribution in [2.75, 3.05) is 6.61 Å². The first-order valence-corrected chi connectivity index (χ1v) is 4.02. The highest BCUT2D eigenvalue weighted by atomic mass is 16.6. The van der Waals surface area contributed by atoms with Crippen molar-refractivity contribution < 1.29 is 4.74 Å². The van der Waals surface area contributed by atoms with Crippen LogP contribution < -0.4 is 0 Å². The summed E-state index contributed by atoms with van der Waals surface area (Å²) in [7, 11) is 0. The van der Waals surface area contributed by atoms with Crippen molar-refractivity contribution >= 4 is 0 Å². The predicted molar refractivity (Wildman–Crippen MR) is 46.2 cm³/mol. The Kier molecular flexibility index (Phi) is 3.19. The molecule has 0 bridgehead atoms. The maximum Gasteiger partial charge on any atom is 0.102 e. The van der Waals surface area contributed by atoms with Crippen molar-refractivity contribution in [3.63, 3.8) is 0 Å². The van der Waals surface area contributed by atoms with Crippen LogP contribution in [-0.4, -0.2) is 12.7 Å². The molecule has 0 saturated carbocycles. The molecule has 0 aromatic heterocycles. The molecule has 1 aliphatic heterocycles. The molecule has 0 amide bonds. The summed E-state index contributed by atoms with van der Waals surface area (Å²) in [5, 5.41) is 0. The molecule has 0 aromatic rings. The van der Waals surface area contributed by atoms with E-state index in [1.54, 1.807) is 0 Å². The SMILES string of the molecule is CC#CCC/C=C(\C)C1CO1. The number of rotatable bonds is 3. The van der Waals surface area contributed by atoms with E-state index in [1.807, 2.05) is 6.92 Å². The lowest BCUT2D eigenvalue weighted by Gasteiger charge is -1.91. The van der Waals surface area contributed by atoms with Gasteiger partial charge in [0.25, 0.3) is 0 Å². The minimum Gasteiger partial charge on any atom is -0.368 e.